The van der Waals surface area contributed by atoms with E-state index >= 15 is 0 Å². The van der Waals surface area contributed by atoms with Gasteiger partial charge in [0.2, 0.25) is 47.8 Å². The highest BCUT2D eigenvalue weighted by Gasteiger charge is 2.46. The first-order chi connectivity index (χ1) is 55.2. The number of carbonyl (C=O) groups is 13. The third-order valence-electron chi connectivity index (χ3n) is 18.9. The molecule has 4 heterocycles. The summed E-state index contributed by atoms with van der Waals surface area (Å²) in [6.07, 6.45) is 4.32. The Labute approximate surface area is 763 Å². The van der Waals surface area contributed by atoms with Crippen LogP contribution < -0.4 is 43.4 Å². The van der Waals surface area contributed by atoms with Crippen molar-refractivity contribution in [3.05, 3.63) is 0 Å². The Bertz CT molecular complexity index is 3310. The van der Waals surface area contributed by atoms with E-state index in [1.807, 2.05) is 76.5 Å². The number of carboxylic acid groups (broad SMARTS) is 2. The van der Waals surface area contributed by atoms with E-state index in [4.69, 9.17) is 41.0 Å². The summed E-state index contributed by atoms with van der Waals surface area (Å²) in [6, 6.07) is -4.80. The van der Waals surface area contributed by atoms with Crippen LogP contribution in [0.2, 0.25) is 0 Å². The number of aliphatic carboxylic acids is 2. The number of ether oxygens (including phenoxy) is 3. The van der Waals surface area contributed by atoms with Gasteiger partial charge in [-0.15, -0.1) is 0 Å². The van der Waals surface area contributed by atoms with Crippen LogP contribution in [0.4, 0.5) is 14.4 Å². The average molecular weight is 1870 g/mol. The number of nitrogens with zero attached hydrogens (tertiary/aromatic N) is 6. The van der Waals surface area contributed by atoms with Crippen molar-refractivity contribution in [3.8, 4) is 0 Å². The molecule has 13 N–H and O–H groups in total. The first kappa shape index (κ1) is 121. The van der Waals surface area contributed by atoms with Crippen LogP contribution in [0.1, 0.15) is 212 Å². The van der Waals surface area contributed by atoms with Crippen molar-refractivity contribution in [1.29, 1.82) is 0 Å². The summed E-state index contributed by atoms with van der Waals surface area (Å²) in [7, 11) is 12.2. The standard InChI is InChI=1S/C17H31N3O3S.C16H31N3O2S.C13H26N2O4S.C13H24N2O3S.C10H19NO4S.C8H16N2OS.C5H11NO2S/c1-6-7-8-13(11-19(4)12-21)15(22)18-14-16(23)20(5)9-10-24-17(14,2)3;1-6-7-8-12(11-17-4)14(20)18-13-15(21)19(5)9-10-22-16(13,2)3;1-12(2,3)19-11(18)14-9(13(4,5)20)10(17)15(6)7-8-16;1-12(2,3)18-11(17)14-9-10(16)15(6)7-8-19-13(9,4)5;1-9(2,3)15-8(14)11-6(7(12)13)10(4,5)16;1-8(2)6(9)7(11)10(3)4-5-12-8;1-5(2,9)3(6)4(7)8/h12-14H,6-11H2,1-5H3,(H,18,22);12-13,17H,6-11H2,1-5H3,(H,18,20);9,16,20H,7-8H2,1-6H3,(H,14,18);9H,7-8H2,1-6H3,(H,14,17);6,16H,1-5H3,(H,11,14)(H,12,13);6H,4-5,9H2,1-3H3;3,9H,6H2,1-2H3,(H,7,8)/t13-,14-;12-,13-;;9-;;6-;/m11.1.1./s1. The summed E-state index contributed by atoms with van der Waals surface area (Å²) in [4.78, 5) is 163. The maximum atomic E-state index is 12.8. The second kappa shape index (κ2) is 54.2. The Morgan fingerprint density at radius 2 is 0.844 bits per heavy atom. The van der Waals surface area contributed by atoms with E-state index in [0.717, 1.165) is 74.6 Å². The van der Waals surface area contributed by atoms with E-state index < -0.39 is 97.5 Å². The second-order valence-corrected chi connectivity index (χ2v) is 47.8. The normalized spacial score (nSPS) is 20.3. The average Bonchev–Trinajstić information content (AvgIpc) is 1.61. The van der Waals surface area contributed by atoms with Crippen LogP contribution in [0.3, 0.4) is 0 Å². The highest BCUT2D eigenvalue weighted by molar-refractivity contribution is 8.01. The molecule has 9 atom stereocenters. The van der Waals surface area contributed by atoms with E-state index in [1.165, 1.54) is 9.80 Å². The Balaban J connectivity index is -0.00000138. The number of alkyl carbamates (subject to hydrolysis) is 3. The Morgan fingerprint density at radius 1 is 0.525 bits per heavy atom. The Hall–Kier alpha value is -5.20. The molecular formula is C82H158N14O19S7. The minimum absolute atomic E-state index is 0.00914. The van der Waals surface area contributed by atoms with Gasteiger partial charge in [-0.05, 0) is 179 Å². The number of amides is 11. The van der Waals surface area contributed by atoms with Crippen molar-refractivity contribution in [3.63, 3.8) is 0 Å². The van der Waals surface area contributed by atoms with E-state index in [9.17, 15) is 62.3 Å². The highest BCUT2D eigenvalue weighted by atomic mass is 32.2. The molecule has 122 heavy (non-hydrogen) atoms. The molecule has 712 valence electrons. The zero-order valence-corrected chi connectivity index (χ0v) is 85.1. The SMILES string of the molecule is CC(C)(C)OC(=O)NC(C(=O)O)C(C)(C)S.CC(C)(S)C(N)C(=O)O.CCCC[C@H](CN(C)C=O)C(=O)N[C@@H]1C(=O)N(C)CCSC1(C)C.CCCC[C@H](CNC)C(=O)N[C@@H]1C(=O)N(C)CCSC1(C)C.CN(CCO)C(=O)C(NC(=O)OC(C)(C)C)C(C)(C)S.CN1CCSC(C)(C)[C@H](N)C1=O.CN1CCSC(C)(C)[C@H](NC(=O)OC(C)(C)C)C1=O. The molecule has 11 amide bonds. The van der Waals surface area contributed by atoms with E-state index in [1.54, 1.807) is 199 Å². The lowest BCUT2D eigenvalue weighted by Gasteiger charge is -2.33. The second-order valence-electron chi connectivity index (χ2n) is 37.3. The number of nitrogens with two attached hydrogens (primary N) is 2. The number of thiol groups is 3. The predicted molar refractivity (Wildman–Crippen MR) is 504 cm³/mol. The van der Waals surface area contributed by atoms with Gasteiger partial charge in [0.05, 0.1) is 24.5 Å². The van der Waals surface area contributed by atoms with Crippen LogP contribution in [-0.4, -0.2) is 340 Å². The molecule has 4 fully saturated rings. The summed E-state index contributed by atoms with van der Waals surface area (Å²) in [6.45, 7) is 50.0. The van der Waals surface area contributed by atoms with Crippen molar-refractivity contribution in [2.45, 2.75) is 304 Å². The maximum Gasteiger partial charge on any atom is 0.408 e. The first-order valence-corrected chi connectivity index (χ1v) is 46.4. The molecule has 0 aliphatic carbocycles. The third-order valence-corrected chi connectivity index (χ3v) is 25.2. The lowest BCUT2D eigenvalue weighted by Crippen LogP contribution is -2.57. The molecule has 0 saturated carbocycles. The monoisotopic (exact) mass is 1870 g/mol. The molecule has 0 bridgehead atoms. The number of carbonyl (C=O) groups excluding carboxylic acids is 11. The number of unbranched alkanes of at least 4 members (excludes halogenated alkanes) is 2. The molecule has 33 nitrogen and oxygen atoms in total. The van der Waals surface area contributed by atoms with Crippen molar-refractivity contribution < 1.29 is 91.9 Å². The number of hydrogen-bond donors (Lipinski definition) is 14. The van der Waals surface area contributed by atoms with Crippen molar-refractivity contribution in [2.75, 3.05) is 125 Å². The van der Waals surface area contributed by atoms with Gasteiger partial charge in [-0.2, -0.15) is 84.9 Å². The van der Waals surface area contributed by atoms with Crippen LogP contribution in [0.5, 0.6) is 0 Å². The quantitative estimate of drug-likeness (QED) is 0.0223. The number of thioether (sulfide) groups is 4. The molecule has 4 rings (SSSR count). The van der Waals surface area contributed by atoms with Gasteiger partial charge in [-0.25, -0.2) is 19.2 Å². The van der Waals surface area contributed by atoms with Crippen LogP contribution in [0.25, 0.3) is 0 Å². The van der Waals surface area contributed by atoms with Crippen molar-refractivity contribution in [1.82, 2.24) is 61.3 Å². The fraction of sp³-hybridized carbons (Fsp3) is 0.841. The van der Waals surface area contributed by atoms with E-state index in [0.29, 0.717) is 32.6 Å². The number of carboxylic acids is 2. The van der Waals surface area contributed by atoms with Gasteiger partial charge in [0.1, 0.15) is 53.1 Å². The molecule has 3 unspecified atom stereocenters. The number of nitrogens with one attached hydrogen (secondary N) is 6. The van der Waals surface area contributed by atoms with Crippen LogP contribution in [0.15, 0.2) is 0 Å². The molecule has 4 aliphatic heterocycles. The number of aliphatic hydroxyl groups is 1. The van der Waals surface area contributed by atoms with E-state index in [-0.39, 0.29) is 91.4 Å². The lowest BCUT2D eigenvalue weighted by molar-refractivity contribution is -0.140. The van der Waals surface area contributed by atoms with Crippen LogP contribution in [0, 0.1) is 11.8 Å². The van der Waals surface area contributed by atoms with Gasteiger partial charge in [-0.3, -0.25) is 43.2 Å². The summed E-state index contributed by atoms with van der Waals surface area (Å²) in [5, 5.41) is 42.8. The smallest absolute Gasteiger partial charge is 0.408 e. The van der Waals surface area contributed by atoms with Gasteiger partial charge in [-0.1, -0.05) is 39.5 Å². The zero-order chi connectivity index (χ0) is 96.2. The van der Waals surface area contributed by atoms with Gasteiger partial charge in [0.15, 0.2) is 0 Å². The first-order valence-electron chi connectivity index (χ1n) is 41.2. The minimum Gasteiger partial charge on any atom is -0.480 e. The Kier molecular flexibility index (Phi) is 53.7. The summed E-state index contributed by atoms with van der Waals surface area (Å²) < 4.78 is 11.9. The van der Waals surface area contributed by atoms with Crippen molar-refractivity contribution in [2.24, 2.45) is 23.3 Å². The topological polar surface area (TPSA) is 454 Å². The van der Waals surface area contributed by atoms with Gasteiger partial charge < -0.3 is 102 Å². The molecule has 4 saturated heterocycles. The molecular weight excluding hydrogens is 1710 g/mol. The maximum absolute atomic E-state index is 12.8. The molecule has 0 aromatic heterocycles. The molecule has 0 aromatic carbocycles. The fourth-order valence-corrected chi connectivity index (χ4v) is 16.5. The number of aliphatic hydroxyl groups excluding tert-OH is 1. The summed E-state index contributed by atoms with van der Waals surface area (Å²) >= 11 is 19.4. The molecule has 0 radical (unpaired) electrons. The van der Waals surface area contributed by atoms with Crippen LogP contribution >= 0.6 is 84.9 Å². The molecule has 40 heteroatoms. The molecule has 4 aliphatic rings. The Morgan fingerprint density at radius 3 is 1.14 bits per heavy atom. The minimum atomic E-state index is -1.15. The number of hydrogen-bond acceptors (Lipinski definition) is 27. The predicted octanol–water partition coefficient (Wildman–Crippen LogP) is 7.81. The molecule has 0 aromatic rings. The fourth-order valence-electron chi connectivity index (χ4n) is 11.2. The molecule has 0 spiro atoms. The van der Waals surface area contributed by atoms with Crippen molar-refractivity contribution >= 4 is 163 Å². The highest BCUT2D eigenvalue weighted by Crippen LogP contribution is 2.36. The van der Waals surface area contributed by atoms with Crippen LogP contribution in [-0.2, 0) is 62.2 Å². The number of likely N-dealkylation sites (N-methyl/N-ethyl adjacent to an activating group) is 5. The number of rotatable bonds is 26. The summed E-state index contributed by atoms with van der Waals surface area (Å²) in [5.41, 5.74) is 9.18. The zero-order valence-electron chi connectivity index (χ0n) is 79.2. The summed E-state index contributed by atoms with van der Waals surface area (Å²) in [5.74, 6) is 0.547. The van der Waals surface area contributed by atoms with E-state index in [2.05, 4.69) is 83.6 Å². The third kappa shape index (κ3) is 48.1. The van der Waals surface area contributed by atoms with Gasteiger partial charge >= 0.3 is 30.2 Å². The largest absolute Gasteiger partial charge is 0.480 e. The lowest BCUT2D eigenvalue weighted by atomic mass is 9.97. The van der Waals surface area contributed by atoms with Gasteiger partial charge in [0.25, 0.3) is 0 Å². The van der Waals surface area contributed by atoms with Gasteiger partial charge in [0, 0.05) is 144 Å².